The van der Waals surface area contributed by atoms with Crippen molar-refractivity contribution in [2.45, 2.75) is 37.8 Å². The van der Waals surface area contributed by atoms with Gasteiger partial charge in [0.1, 0.15) is 11.8 Å². The number of aliphatic hydroxyl groups excluding tert-OH is 1. The zero-order valence-corrected chi connectivity index (χ0v) is 11.0. The van der Waals surface area contributed by atoms with E-state index in [4.69, 9.17) is 20.0 Å². The summed E-state index contributed by atoms with van der Waals surface area (Å²) in [6.45, 7) is 0. The molecule has 1 saturated carbocycles. The minimum Gasteiger partial charge on any atom is -0.512 e. The summed E-state index contributed by atoms with van der Waals surface area (Å²) in [7, 11) is -1.89. The summed E-state index contributed by atoms with van der Waals surface area (Å²) in [6.07, 6.45) is 2.91. The third-order valence-corrected chi connectivity index (χ3v) is 3.41. The fraction of sp³-hybridized carbons (Fsp3) is 0.462. The standard InChI is InChI=1S/C13H17BN2O4/c15-8-9-1-6-12(20-14(18)19)7-13(9)16-10-2-4-11(17)5-3-10/h1,6-7,10-11,16-19H,2-5H2. The van der Waals surface area contributed by atoms with Crippen molar-refractivity contribution in [3.63, 3.8) is 0 Å². The summed E-state index contributed by atoms with van der Waals surface area (Å²) >= 11 is 0. The molecular weight excluding hydrogens is 259 g/mol. The summed E-state index contributed by atoms with van der Waals surface area (Å²) in [5.74, 6) is 0.275. The second-order valence-electron chi connectivity index (χ2n) is 4.91. The van der Waals surface area contributed by atoms with Crippen molar-refractivity contribution in [2.24, 2.45) is 0 Å². The zero-order valence-electron chi connectivity index (χ0n) is 11.0. The lowest BCUT2D eigenvalue weighted by Gasteiger charge is -2.27. The molecule has 0 radical (unpaired) electrons. The third kappa shape index (κ3) is 3.87. The molecule has 0 bridgehead atoms. The van der Waals surface area contributed by atoms with E-state index >= 15 is 0 Å². The Morgan fingerprint density at radius 1 is 1.25 bits per heavy atom. The van der Waals surface area contributed by atoms with Gasteiger partial charge in [-0.3, -0.25) is 0 Å². The highest BCUT2D eigenvalue weighted by Crippen LogP contribution is 2.27. The van der Waals surface area contributed by atoms with Gasteiger partial charge in [0.15, 0.2) is 0 Å². The first-order valence-electron chi connectivity index (χ1n) is 6.60. The predicted molar refractivity (Wildman–Crippen MR) is 73.9 cm³/mol. The molecule has 2 rings (SSSR count). The topological polar surface area (TPSA) is 106 Å². The molecule has 20 heavy (non-hydrogen) atoms. The van der Waals surface area contributed by atoms with Crippen LogP contribution in [0.1, 0.15) is 31.2 Å². The fourth-order valence-corrected chi connectivity index (χ4v) is 2.38. The molecule has 4 N–H and O–H groups in total. The van der Waals surface area contributed by atoms with Crippen molar-refractivity contribution in [1.29, 1.82) is 5.26 Å². The summed E-state index contributed by atoms with van der Waals surface area (Å²) in [5.41, 5.74) is 1.07. The predicted octanol–water partition coefficient (Wildman–Crippen LogP) is 0.622. The fourth-order valence-electron chi connectivity index (χ4n) is 2.38. The molecule has 0 aliphatic heterocycles. The number of benzene rings is 1. The molecular formula is C13H17BN2O4. The number of hydrogen-bond donors (Lipinski definition) is 4. The van der Waals surface area contributed by atoms with Gasteiger partial charge in [0, 0.05) is 12.1 Å². The first-order valence-corrected chi connectivity index (χ1v) is 6.60. The van der Waals surface area contributed by atoms with E-state index in [0.717, 1.165) is 25.7 Å². The monoisotopic (exact) mass is 276 g/mol. The Bertz CT molecular complexity index is 496. The SMILES string of the molecule is N#Cc1ccc(OB(O)O)cc1NC1CCC(O)CC1. The van der Waals surface area contributed by atoms with Crippen LogP contribution in [0.2, 0.25) is 0 Å². The van der Waals surface area contributed by atoms with Crippen LogP contribution in [0.3, 0.4) is 0 Å². The summed E-state index contributed by atoms with van der Waals surface area (Å²) in [5, 5.41) is 39.4. The average Bonchev–Trinajstić information content (AvgIpc) is 2.41. The maximum Gasteiger partial charge on any atom is 0.707 e. The number of nitrogens with zero attached hydrogens (tertiary/aromatic N) is 1. The van der Waals surface area contributed by atoms with Crippen molar-refractivity contribution in [3.05, 3.63) is 23.8 Å². The number of nitriles is 1. The minimum absolute atomic E-state index is 0.194. The van der Waals surface area contributed by atoms with E-state index in [-0.39, 0.29) is 17.9 Å². The minimum atomic E-state index is -1.89. The van der Waals surface area contributed by atoms with Crippen LogP contribution < -0.4 is 9.97 Å². The third-order valence-electron chi connectivity index (χ3n) is 3.41. The maximum absolute atomic E-state index is 9.48. The van der Waals surface area contributed by atoms with E-state index in [2.05, 4.69) is 11.4 Å². The van der Waals surface area contributed by atoms with E-state index in [1.165, 1.54) is 6.07 Å². The van der Waals surface area contributed by atoms with Crippen LogP contribution in [0.4, 0.5) is 5.69 Å². The first-order chi connectivity index (χ1) is 9.58. The largest absolute Gasteiger partial charge is 0.707 e. The molecule has 1 fully saturated rings. The molecule has 1 aromatic carbocycles. The molecule has 0 amide bonds. The van der Waals surface area contributed by atoms with Crippen molar-refractivity contribution in [2.75, 3.05) is 5.32 Å². The molecule has 1 aliphatic rings. The average molecular weight is 276 g/mol. The Hall–Kier alpha value is -1.75. The van der Waals surface area contributed by atoms with Crippen molar-refractivity contribution in [1.82, 2.24) is 0 Å². The Morgan fingerprint density at radius 3 is 2.55 bits per heavy atom. The van der Waals surface area contributed by atoms with E-state index < -0.39 is 7.32 Å². The Balaban J connectivity index is 2.10. The maximum atomic E-state index is 9.48. The van der Waals surface area contributed by atoms with Crippen LogP contribution in [0, 0.1) is 11.3 Å². The molecule has 0 aromatic heterocycles. The van der Waals surface area contributed by atoms with Crippen LogP contribution in [-0.4, -0.2) is 34.6 Å². The number of hydrogen-bond acceptors (Lipinski definition) is 6. The lowest BCUT2D eigenvalue weighted by atomic mass is 9.93. The van der Waals surface area contributed by atoms with Gasteiger partial charge in [-0.15, -0.1) is 0 Å². The van der Waals surface area contributed by atoms with Crippen LogP contribution in [-0.2, 0) is 0 Å². The highest BCUT2D eigenvalue weighted by atomic mass is 16.6. The van der Waals surface area contributed by atoms with Crippen LogP contribution >= 0.6 is 0 Å². The van der Waals surface area contributed by atoms with Crippen LogP contribution in [0.5, 0.6) is 5.75 Å². The molecule has 106 valence electrons. The second kappa shape index (κ2) is 6.61. The van der Waals surface area contributed by atoms with Gasteiger partial charge in [-0.1, -0.05) is 0 Å². The number of aliphatic hydroxyl groups is 1. The van der Waals surface area contributed by atoms with Gasteiger partial charge in [0.25, 0.3) is 0 Å². The number of rotatable bonds is 4. The summed E-state index contributed by atoms with van der Waals surface area (Å²) in [4.78, 5) is 0. The second-order valence-corrected chi connectivity index (χ2v) is 4.91. The molecule has 7 heteroatoms. The number of anilines is 1. The van der Waals surface area contributed by atoms with Gasteiger partial charge in [0.2, 0.25) is 0 Å². The molecule has 0 unspecified atom stereocenters. The number of nitrogens with one attached hydrogen (secondary N) is 1. The van der Waals surface area contributed by atoms with E-state index in [0.29, 0.717) is 11.3 Å². The normalized spacial score (nSPS) is 21.9. The Morgan fingerprint density at radius 2 is 1.95 bits per heavy atom. The highest BCUT2D eigenvalue weighted by Gasteiger charge is 2.20. The summed E-state index contributed by atoms with van der Waals surface area (Å²) in [6, 6.07) is 6.92. The molecule has 0 saturated heterocycles. The highest BCUT2D eigenvalue weighted by molar-refractivity contribution is 6.33. The van der Waals surface area contributed by atoms with Gasteiger partial charge in [-0.2, -0.15) is 5.26 Å². The Labute approximate surface area is 117 Å². The lowest BCUT2D eigenvalue weighted by Crippen LogP contribution is -2.28. The van der Waals surface area contributed by atoms with Crippen molar-refractivity contribution in [3.8, 4) is 11.8 Å². The molecule has 1 aromatic rings. The summed E-state index contributed by atoms with van der Waals surface area (Å²) < 4.78 is 4.78. The molecule has 1 aliphatic carbocycles. The molecule has 0 spiro atoms. The molecule has 6 nitrogen and oxygen atoms in total. The van der Waals surface area contributed by atoms with Crippen LogP contribution in [0.25, 0.3) is 0 Å². The van der Waals surface area contributed by atoms with Gasteiger partial charge in [-0.05, 0) is 37.8 Å². The van der Waals surface area contributed by atoms with Crippen molar-refractivity contribution < 1.29 is 19.8 Å². The smallest absolute Gasteiger partial charge is 0.512 e. The molecule has 0 atom stereocenters. The van der Waals surface area contributed by atoms with Crippen LogP contribution in [0.15, 0.2) is 18.2 Å². The zero-order chi connectivity index (χ0) is 14.5. The van der Waals surface area contributed by atoms with E-state index in [1.807, 2.05) is 0 Å². The van der Waals surface area contributed by atoms with E-state index in [1.54, 1.807) is 12.1 Å². The van der Waals surface area contributed by atoms with Crippen molar-refractivity contribution >= 4 is 13.0 Å². The van der Waals surface area contributed by atoms with E-state index in [9.17, 15) is 5.11 Å². The van der Waals surface area contributed by atoms with Gasteiger partial charge in [0.05, 0.1) is 17.4 Å². The lowest BCUT2D eigenvalue weighted by molar-refractivity contribution is 0.126. The quantitative estimate of drug-likeness (QED) is 0.601. The first kappa shape index (κ1) is 14.7. The van der Waals surface area contributed by atoms with Gasteiger partial charge >= 0.3 is 7.32 Å². The molecule has 0 heterocycles. The van der Waals surface area contributed by atoms with Gasteiger partial charge in [-0.25, -0.2) is 0 Å². The Kier molecular flexibility index (Phi) is 4.85. The van der Waals surface area contributed by atoms with Gasteiger partial charge < -0.3 is 25.1 Å².